The van der Waals surface area contributed by atoms with Gasteiger partial charge in [-0.3, -0.25) is 5.43 Å². The lowest BCUT2D eigenvalue weighted by atomic mass is 10.3. The van der Waals surface area contributed by atoms with Gasteiger partial charge in [-0.2, -0.15) is 0 Å². The summed E-state index contributed by atoms with van der Waals surface area (Å²) in [6, 6.07) is 9.74. The molecule has 0 aliphatic carbocycles. The Labute approximate surface area is 118 Å². The zero-order valence-corrected chi connectivity index (χ0v) is 12.3. The molecule has 0 saturated carbocycles. The molecule has 1 aliphatic heterocycles. The van der Waals surface area contributed by atoms with E-state index in [9.17, 15) is 0 Å². The van der Waals surface area contributed by atoms with Gasteiger partial charge in [-0.1, -0.05) is 18.2 Å². The normalized spacial score (nSPS) is 15.1. The SMILES string of the molecule is COC1=CC=C(O[P+](=S)OC)NN1c1ccccc1. The highest BCUT2D eigenvalue weighted by atomic mass is 32.4. The number of anilines is 1. The van der Waals surface area contributed by atoms with Crippen LogP contribution in [0.3, 0.4) is 0 Å². The molecule has 0 bridgehead atoms. The van der Waals surface area contributed by atoms with Crippen molar-refractivity contribution < 1.29 is 13.8 Å². The number of ether oxygens (including phenoxy) is 1. The number of hydrogen-bond acceptors (Lipinski definition) is 6. The number of rotatable bonds is 5. The molecule has 2 rings (SSSR count). The first-order valence-corrected chi connectivity index (χ1v) is 7.71. The van der Waals surface area contributed by atoms with E-state index >= 15 is 0 Å². The smallest absolute Gasteiger partial charge is 0.481 e. The summed E-state index contributed by atoms with van der Waals surface area (Å²) in [6.07, 6.45) is 3.55. The zero-order valence-electron chi connectivity index (χ0n) is 10.6. The molecule has 1 N–H and O–H groups in total. The molecule has 0 radical (unpaired) electrons. The van der Waals surface area contributed by atoms with Gasteiger partial charge in [-0.15, -0.1) is 4.52 Å². The third kappa shape index (κ3) is 3.44. The average molecular weight is 297 g/mol. The monoisotopic (exact) mass is 297 g/mol. The van der Waals surface area contributed by atoms with Crippen molar-refractivity contribution >= 4 is 24.6 Å². The van der Waals surface area contributed by atoms with Gasteiger partial charge in [0.05, 0.1) is 19.9 Å². The molecule has 5 nitrogen and oxygen atoms in total. The maximum atomic E-state index is 5.45. The summed E-state index contributed by atoms with van der Waals surface area (Å²) in [5.74, 6) is 1.18. The molecule has 0 spiro atoms. The predicted molar refractivity (Wildman–Crippen MR) is 77.6 cm³/mol. The van der Waals surface area contributed by atoms with Crippen LogP contribution >= 0.6 is 7.15 Å². The van der Waals surface area contributed by atoms with E-state index in [0.29, 0.717) is 11.8 Å². The molecule has 0 saturated heterocycles. The highest BCUT2D eigenvalue weighted by molar-refractivity contribution is 8.00. The van der Waals surface area contributed by atoms with Crippen molar-refractivity contribution in [2.45, 2.75) is 0 Å². The zero-order chi connectivity index (χ0) is 13.7. The van der Waals surface area contributed by atoms with Gasteiger partial charge in [0.1, 0.15) is 0 Å². The summed E-state index contributed by atoms with van der Waals surface area (Å²) in [5.41, 5.74) is 4.01. The van der Waals surface area contributed by atoms with E-state index in [2.05, 4.69) is 5.43 Å². The molecule has 1 aromatic carbocycles. The number of allylic oxidation sites excluding steroid dienone is 2. The Morgan fingerprint density at radius 3 is 2.53 bits per heavy atom. The number of hydrazine groups is 1. The fraction of sp³-hybridized carbons (Fsp3) is 0.167. The Morgan fingerprint density at radius 1 is 1.16 bits per heavy atom. The summed E-state index contributed by atoms with van der Waals surface area (Å²) in [4.78, 5) is 0. The fourth-order valence-electron chi connectivity index (χ4n) is 1.52. The van der Waals surface area contributed by atoms with Crippen LogP contribution in [-0.2, 0) is 25.6 Å². The topological polar surface area (TPSA) is 43.0 Å². The van der Waals surface area contributed by atoms with E-state index in [4.69, 9.17) is 25.6 Å². The lowest BCUT2D eigenvalue weighted by Gasteiger charge is -2.28. The van der Waals surface area contributed by atoms with Crippen LogP contribution in [0.25, 0.3) is 0 Å². The Hall–Kier alpha value is -1.62. The Morgan fingerprint density at radius 2 is 1.89 bits per heavy atom. The van der Waals surface area contributed by atoms with Crippen molar-refractivity contribution in [2.24, 2.45) is 0 Å². The first-order chi connectivity index (χ1) is 9.24. The van der Waals surface area contributed by atoms with Crippen LogP contribution in [0, 0.1) is 0 Å². The number of benzene rings is 1. The van der Waals surface area contributed by atoms with Gasteiger partial charge in [0.15, 0.2) is 0 Å². The predicted octanol–water partition coefficient (Wildman–Crippen LogP) is 2.78. The number of hydrogen-bond donors (Lipinski definition) is 1. The molecule has 0 fully saturated rings. The van der Waals surface area contributed by atoms with Gasteiger partial charge in [0, 0.05) is 12.2 Å². The van der Waals surface area contributed by atoms with Crippen LogP contribution in [0.4, 0.5) is 5.69 Å². The molecule has 1 aliphatic rings. The quantitative estimate of drug-likeness (QED) is 0.843. The van der Waals surface area contributed by atoms with Gasteiger partial charge >= 0.3 is 7.15 Å². The molecule has 1 heterocycles. The largest absolute Gasteiger partial charge is 0.575 e. The maximum absolute atomic E-state index is 5.45. The minimum absolute atomic E-state index is 0.521. The summed E-state index contributed by atoms with van der Waals surface area (Å²) < 4.78 is 15.7. The number of methoxy groups -OCH3 is 1. The molecule has 0 aromatic heterocycles. The summed E-state index contributed by atoms with van der Waals surface area (Å²) in [6.45, 7) is 0. The standard InChI is InChI=1S/C12H14N2O3PS/c1-15-12-9-8-11(17-18(19)16-2)13-14(12)10-6-4-3-5-7-10/h3-9,13H,1-2H3/q+1. The van der Waals surface area contributed by atoms with E-state index < -0.39 is 7.15 Å². The first kappa shape index (κ1) is 13.8. The molecule has 19 heavy (non-hydrogen) atoms. The third-order valence-corrected chi connectivity index (χ3v) is 3.68. The van der Waals surface area contributed by atoms with Crippen molar-refractivity contribution in [3.05, 3.63) is 54.3 Å². The third-order valence-electron chi connectivity index (χ3n) is 2.37. The van der Waals surface area contributed by atoms with Gasteiger partial charge in [-0.05, 0) is 12.1 Å². The lowest BCUT2D eigenvalue weighted by Crippen LogP contribution is -2.39. The van der Waals surface area contributed by atoms with Crippen LogP contribution in [0.15, 0.2) is 54.3 Å². The Balaban J connectivity index is 2.19. The van der Waals surface area contributed by atoms with Crippen LogP contribution in [0.5, 0.6) is 0 Å². The van der Waals surface area contributed by atoms with E-state index in [1.165, 1.54) is 7.11 Å². The first-order valence-electron chi connectivity index (χ1n) is 5.51. The summed E-state index contributed by atoms with van der Waals surface area (Å²) in [5, 5.41) is 1.77. The van der Waals surface area contributed by atoms with Crippen molar-refractivity contribution in [3.63, 3.8) is 0 Å². The van der Waals surface area contributed by atoms with Crippen molar-refractivity contribution in [1.82, 2.24) is 5.43 Å². The lowest BCUT2D eigenvalue weighted by molar-refractivity contribution is 0.258. The van der Waals surface area contributed by atoms with Crippen molar-refractivity contribution in [1.29, 1.82) is 0 Å². The second kappa shape index (κ2) is 6.52. The number of nitrogens with one attached hydrogen (secondary N) is 1. The van der Waals surface area contributed by atoms with E-state index in [-0.39, 0.29) is 0 Å². The molecule has 100 valence electrons. The van der Waals surface area contributed by atoms with E-state index in [1.807, 2.05) is 30.3 Å². The van der Waals surface area contributed by atoms with Crippen molar-refractivity contribution in [3.8, 4) is 0 Å². The molecular formula is C12H14N2O3PS+. The number of para-hydroxylation sites is 1. The van der Waals surface area contributed by atoms with Gasteiger partial charge in [-0.25, -0.2) is 9.53 Å². The summed E-state index contributed by atoms with van der Waals surface area (Å²) >= 11 is 5.00. The second-order valence-electron chi connectivity index (χ2n) is 3.52. The second-order valence-corrected chi connectivity index (χ2v) is 5.41. The fourth-order valence-corrected chi connectivity index (χ4v) is 2.10. The van der Waals surface area contributed by atoms with Crippen molar-refractivity contribution in [2.75, 3.05) is 19.2 Å². The Kier molecular flexibility index (Phi) is 4.74. The molecule has 1 unspecified atom stereocenters. The minimum Gasteiger partial charge on any atom is -0.481 e. The minimum atomic E-state index is -1.35. The molecule has 7 heteroatoms. The molecule has 0 amide bonds. The van der Waals surface area contributed by atoms with Crippen LogP contribution in [0.2, 0.25) is 0 Å². The van der Waals surface area contributed by atoms with E-state index in [0.717, 1.165) is 5.69 Å². The summed E-state index contributed by atoms with van der Waals surface area (Å²) in [7, 11) is 1.78. The maximum Gasteiger partial charge on any atom is 0.575 e. The van der Waals surface area contributed by atoms with Gasteiger partial charge < -0.3 is 4.74 Å². The average Bonchev–Trinajstić information content (AvgIpc) is 2.48. The molecule has 1 atom stereocenters. The highest BCUT2D eigenvalue weighted by Crippen LogP contribution is 2.28. The Bertz CT molecular complexity index is 519. The van der Waals surface area contributed by atoms with Crippen LogP contribution in [-0.4, -0.2) is 14.2 Å². The van der Waals surface area contributed by atoms with Gasteiger partial charge in [0.2, 0.25) is 17.7 Å². The van der Waals surface area contributed by atoms with Crippen LogP contribution < -0.4 is 10.4 Å². The van der Waals surface area contributed by atoms with E-state index in [1.54, 1.807) is 24.3 Å². The van der Waals surface area contributed by atoms with Gasteiger partial charge in [0.25, 0.3) is 5.88 Å². The molecule has 1 aromatic rings. The highest BCUT2D eigenvalue weighted by Gasteiger charge is 2.23. The number of nitrogens with zero attached hydrogens (tertiary/aromatic N) is 1. The van der Waals surface area contributed by atoms with Crippen LogP contribution in [0.1, 0.15) is 0 Å². The molecular weight excluding hydrogens is 283 g/mol.